The van der Waals surface area contributed by atoms with E-state index in [2.05, 4.69) is 19.9 Å². The van der Waals surface area contributed by atoms with Gasteiger partial charge in [0.25, 0.3) is 0 Å². The van der Waals surface area contributed by atoms with Crippen LogP contribution in [0.5, 0.6) is 5.75 Å². The third-order valence-corrected chi connectivity index (χ3v) is 2.15. The fraction of sp³-hybridized carbons (Fsp3) is 0.500. The molecule has 0 spiro atoms. The van der Waals surface area contributed by atoms with Crippen molar-refractivity contribution in [1.82, 2.24) is 0 Å². The lowest BCUT2D eigenvalue weighted by molar-refractivity contribution is 0.0819. The summed E-state index contributed by atoms with van der Waals surface area (Å²) in [6.45, 7) is 6.18. The van der Waals surface area contributed by atoms with Gasteiger partial charge in [-0.15, -0.1) is 0 Å². The van der Waals surface area contributed by atoms with Crippen molar-refractivity contribution in [3.05, 3.63) is 29.8 Å². The second-order valence-corrected chi connectivity index (χ2v) is 4.30. The van der Waals surface area contributed by atoms with E-state index in [9.17, 15) is 0 Å². The monoisotopic (exact) mass is 233 g/mol. The highest BCUT2D eigenvalue weighted by molar-refractivity contribution is 5.28. The second kappa shape index (κ2) is 7.70. The second-order valence-electron chi connectivity index (χ2n) is 4.30. The van der Waals surface area contributed by atoms with Crippen LogP contribution in [-0.2, 0) is 11.2 Å². The molecule has 0 aromatic heterocycles. The molecule has 3 nitrogen and oxygen atoms in total. The molecular weight excluding hydrogens is 214 g/mol. The number of hydrogen-bond donors (Lipinski definition) is 0. The lowest BCUT2D eigenvalue weighted by Crippen LogP contribution is -2.10. The van der Waals surface area contributed by atoms with Crippen molar-refractivity contribution in [2.75, 3.05) is 19.8 Å². The van der Waals surface area contributed by atoms with Gasteiger partial charge in [0.15, 0.2) is 0 Å². The van der Waals surface area contributed by atoms with Crippen LogP contribution in [0.2, 0.25) is 0 Å². The third-order valence-electron chi connectivity index (χ3n) is 2.15. The smallest absolute Gasteiger partial charge is 0.119 e. The average molecular weight is 233 g/mol. The zero-order chi connectivity index (χ0) is 12.5. The molecule has 0 aliphatic heterocycles. The molecule has 92 valence electrons. The van der Waals surface area contributed by atoms with E-state index in [1.165, 1.54) is 0 Å². The maximum absolute atomic E-state index is 8.54. The van der Waals surface area contributed by atoms with Gasteiger partial charge in [-0.2, -0.15) is 5.26 Å². The predicted molar refractivity (Wildman–Crippen MR) is 66.9 cm³/mol. The van der Waals surface area contributed by atoms with Crippen molar-refractivity contribution in [2.45, 2.75) is 20.3 Å². The number of hydrogen-bond acceptors (Lipinski definition) is 3. The van der Waals surface area contributed by atoms with E-state index in [4.69, 9.17) is 14.7 Å². The van der Waals surface area contributed by atoms with E-state index in [1.54, 1.807) is 0 Å². The van der Waals surface area contributed by atoms with Gasteiger partial charge in [-0.1, -0.05) is 26.0 Å². The van der Waals surface area contributed by atoms with E-state index in [0.717, 1.165) is 17.9 Å². The first-order valence-corrected chi connectivity index (χ1v) is 5.89. The van der Waals surface area contributed by atoms with Crippen LogP contribution in [-0.4, -0.2) is 19.8 Å². The Morgan fingerprint density at radius 1 is 1.18 bits per heavy atom. The quantitative estimate of drug-likeness (QED) is 0.680. The SMILES string of the molecule is CC(C)COCCOc1ccc(CC#N)cc1. The minimum absolute atomic E-state index is 0.442. The molecule has 0 heterocycles. The largest absolute Gasteiger partial charge is 0.491 e. The van der Waals surface area contributed by atoms with Crippen LogP contribution in [0.3, 0.4) is 0 Å². The Balaban J connectivity index is 2.21. The molecule has 0 unspecified atom stereocenters. The molecule has 0 saturated heterocycles. The molecule has 17 heavy (non-hydrogen) atoms. The van der Waals surface area contributed by atoms with Crippen molar-refractivity contribution in [3.8, 4) is 11.8 Å². The Hall–Kier alpha value is -1.53. The molecule has 0 N–H and O–H groups in total. The molecule has 0 bridgehead atoms. The van der Waals surface area contributed by atoms with Crippen molar-refractivity contribution < 1.29 is 9.47 Å². The van der Waals surface area contributed by atoms with Crippen LogP contribution in [0.1, 0.15) is 19.4 Å². The van der Waals surface area contributed by atoms with Gasteiger partial charge in [0.1, 0.15) is 12.4 Å². The minimum Gasteiger partial charge on any atom is -0.491 e. The Kier molecular flexibility index (Phi) is 6.13. The van der Waals surface area contributed by atoms with Gasteiger partial charge in [-0.25, -0.2) is 0 Å². The van der Waals surface area contributed by atoms with Crippen molar-refractivity contribution in [3.63, 3.8) is 0 Å². The highest BCUT2D eigenvalue weighted by Crippen LogP contribution is 2.12. The number of ether oxygens (including phenoxy) is 2. The lowest BCUT2D eigenvalue weighted by atomic mass is 10.2. The summed E-state index contributed by atoms with van der Waals surface area (Å²) in [6, 6.07) is 9.70. The fourth-order valence-electron chi connectivity index (χ4n) is 1.33. The normalized spacial score (nSPS) is 10.2. The van der Waals surface area contributed by atoms with Gasteiger partial charge < -0.3 is 9.47 Å². The average Bonchev–Trinajstić information content (AvgIpc) is 2.31. The Bertz CT molecular complexity index is 351. The van der Waals surface area contributed by atoms with Crippen LogP contribution in [0.15, 0.2) is 24.3 Å². The van der Waals surface area contributed by atoms with Gasteiger partial charge in [0, 0.05) is 6.61 Å². The van der Waals surface area contributed by atoms with E-state index >= 15 is 0 Å². The zero-order valence-electron chi connectivity index (χ0n) is 10.5. The maximum Gasteiger partial charge on any atom is 0.119 e. The molecule has 3 heteroatoms. The predicted octanol–water partition coefficient (Wildman–Crippen LogP) is 2.80. The summed E-state index contributed by atoms with van der Waals surface area (Å²) in [6.07, 6.45) is 0.442. The first-order valence-electron chi connectivity index (χ1n) is 5.89. The molecule has 0 radical (unpaired) electrons. The molecule has 0 saturated carbocycles. The highest BCUT2D eigenvalue weighted by Gasteiger charge is 1.96. The fourth-order valence-corrected chi connectivity index (χ4v) is 1.33. The number of benzene rings is 1. The van der Waals surface area contributed by atoms with E-state index in [-0.39, 0.29) is 0 Å². The standard InChI is InChI=1S/C14H19NO2/c1-12(2)11-16-9-10-17-14-5-3-13(4-6-14)7-8-15/h3-6,12H,7,9-11H2,1-2H3. The van der Waals surface area contributed by atoms with Gasteiger partial charge >= 0.3 is 0 Å². The first kappa shape index (κ1) is 13.5. The third kappa shape index (κ3) is 5.94. The Morgan fingerprint density at radius 2 is 1.88 bits per heavy atom. The molecule has 1 aromatic carbocycles. The number of nitriles is 1. The van der Waals surface area contributed by atoms with Crippen LogP contribution >= 0.6 is 0 Å². The molecule has 0 aliphatic rings. The van der Waals surface area contributed by atoms with Crippen LogP contribution < -0.4 is 4.74 Å². The molecule has 1 aromatic rings. The van der Waals surface area contributed by atoms with E-state index < -0.39 is 0 Å². The summed E-state index contributed by atoms with van der Waals surface area (Å²) in [5, 5.41) is 8.54. The summed E-state index contributed by atoms with van der Waals surface area (Å²) < 4.78 is 10.9. The summed E-state index contributed by atoms with van der Waals surface area (Å²) in [5.74, 6) is 1.38. The highest BCUT2D eigenvalue weighted by atomic mass is 16.5. The lowest BCUT2D eigenvalue weighted by Gasteiger charge is -2.08. The topological polar surface area (TPSA) is 42.2 Å². The summed E-state index contributed by atoms with van der Waals surface area (Å²) in [5.41, 5.74) is 1.01. The summed E-state index contributed by atoms with van der Waals surface area (Å²) in [4.78, 5) is 0. The van der Waals surface area contributed by atoms with Crippen LogP contribution in [0, 0.1) is 17.2 Å². The van der Waals surface area contributed by atoms with Gasteiger partial charge in [0.05, 0.1) is 19.1 Å². The van der Waals surface area contributed by atoms with Gasteiger partial charge in [-0.3, -0.25) is 0 Å². The molecule has 0 fully saturated rings. The number of nitrogens with zero attached hydrogens (tertiary/aromatic N) is 1. The van der Waals surface area contributed by atoms with Crippen molar-refractivity contribution >= 4 is 0 Å². The van der Waals surface area contributed by atoms with Crippen molar-refractivity contribution in [1.29, 1.82) is 5.26 Å². The summed E-state index contributed by atoms with van der Waals surface area (Å²) in [7, 11) is 0. The number of rotatable bonds is 7. The zero-order valence-corrected chi connectivity index (χ0v) is 10.5. The molecular formula is C14H19NO2. The first-order chi connectivity index (χ1) is 8.22. The minimum atomic E-state index is 0.442. The van der Waals surface area contributed by atoms with Gasteiger partial charge in [-0.05, 0) is 23.6 Å². The summed E-state index contributed by atoms with van der Waals surface area (Å²) >= 11 is 0. The van der Waals surface area contributed by atoms with Gasteiger partial charge in [0.2, 0.25) is 0 Å². The Morgan fingerprint density at radius 3 is 2.47 bits per heavy atom. The molecule has 1 rings (SSSR count). The van der Waals surface area contributed by atoms with Crippen molar-refractivity contribution in [2.24, 2.45) is 5.92 Å². The van der Waals surface area contributed by atoms with E-state index in [0.29, 0.717) is 25.6 Å². The van der Waals surface area contributed by atoms with Crippen LogP contribution in [0.25, 0.3) is 0 Å². The maximum atomic E-state index is 8.54. The van der Waals surface area contributed by atoms with Crippen LogP contribution in [0.4, 0.5) is 0 Å². The van der Waals surface area contributed by atoms with E-state index in [1.807, 2.05) is 24.3 Å². The molecule has 0 amide bonds. The molecule has 0 atom stereocenters. The molecule has 0 aliphatic carbocycles. The Labute approximate surface area is 103 Å².